The Bertz CT molecular complexity index is 446. The van der Waals surface area contributed by atoms with Crippen molar-refractivity contribution >= 4 is 28.2 Å². The Balaban J connectivity index is 1.85. The van der Waals surface area contributed by atoms with E-state index in [-0.39, 0.29) is 17.8 Å². The monoisotopic (exact) mass is 300 g/mol. The molecule has 0 spiro atoms. The van der Waals surface area contributed by atoms with Crippen molar-refractivity contribution in [3.8, 4) is 0 Å². The summed E-state index contributed by atoms with van der Waals surface area (Å²) in [5.41, 5.74) is 5.77. The van der Waals surface area contributed by atoms with Crippen LogP contribution in [0, 0.1) is 0 Å². The zero-order valence-electron chi connectivity index (χ0n) is 11.5. The summed E-state index contributed by atoms with van der Waals surface area (Å²) in [6, 6.07) is 0. The molecule has 0 aliphatic carbocycles. The first-order valence-corrected chi connectivity index (χ1v) is 7.41. The second-order valence-electron chi connectivity index (χ2n) is 4.50. The van der Waals surface area contributed by atoms with Crippen LogP contribution >= 0.6 is 11.3 Å². The van der Waals surface area contributed by atoms with E-state index < -0.39 is 0 Å². The molecule has 8 heteroatoms. The zero-order valence-corrected chi connectivity index (χ0v) is 12.3. The van der Waals surface area contributed by atoms with Gasteiger partial charge in [0.2, 0.25) is 0 Å². The molecule has 0 bridgehead atoms. The van der Waals surface area contributed by atoms with Gasteiger partial charge in [0.15, 0.2) is 5.13 Å². The number of nitrogens with two attached hydrogens (primary N) is 1. The molecule has 0 aromatic carbocycles. The molecule has 1 unspecified atom stereocenters. The molecule has 1 aliphatic heterocycles. The fraction of sp³-hybridized carbons (Fsp3) is 0.667. The maximum atomic E-state index is 12.0. The van der Waals surface area contributed by atoms with Gasteiger partial charge < -0.3 is 25.8 Å². The molecule has 20 heavy (non-hydrogen) atoms. The predicted octanol–water partition coefficient (Wildman–Crippen LogP) is 0.692. The molecule has 1 saturated heterocycles. The third kappa shape index (κ3) is 4.06. The smallest absolute Gasteiger partial charge is 0.265 e. The standard InChI is InChI=1S/C12H20N4O3S/c1-18-6-4-14-12-16-10(13)9(20-12)11(17)15-7-8-3-2-5-19-8/h8H,2-7,13H2,1H3,(H,14,16)(H,15,17). The van der Waals surface area contributed by atoms with Gasteiger partial charge in [-0.25, -0.2) is 4.98 Å². The highest BCUT2D eigenvalue weighted by Crippen LogP contribution is 2.24. The van der Waals surface area contributed by atoms with Gasteiger partial charge in [-0.05, 0) is 12.8 Å². The second-order valence-corrected chi connectivity index (χ2v) is 5.50. The second kappa shape index (κ2) is 7.41. The van der Waals surface area contributed by atoms with Crippen molar-refractivity contribution in [3.05, 3.63) is 4.88 Å². The number of hydrogen-bond acceptors (Lipinski definition) is 7. The minimum absolute atomic E-state index is 0.118. The molecular formula is C12H20N4O3S. The number of hydrogen-bond donors (Lipinski definition) is 3. The molecule has 1 amide bonds. The van der Waals surface area contributed by atoms with Gasteiger partial charge in [0, 0.05) is 26.8 Å². The highest BCUT2D eigenvalue weighted by Gasteiger charge is 2.19. The predicted molar refractivity (Wildman–Crippen MR) is 78.2 cm³/mol. The van der Waals surface area contributed by atoms with Crippen LogP contribution in [0.1, 0.15) is 22.5 Å². The first-order chi connectivity index (χ1) is 9.70. The lowest BCUT2D eigenvalue weighted by Crippen LogP contribution is -2.31. The van der Waals surface area contributed by atoms with Crippen LogP contribution in [0.15, 0.2) is 0 Å². The Labute approximate surface area is 121 Å². The summed E-state index contributed by atoms with van der Waals surface area (Å²) in [5, 5.41) is 6.52. The lowest BCUT2D eigenvalue weighted by molar-refractivity contribution is 0.0861. The number of ether oxygens (including phenoxy) is 2. The highest BCUT2D eigenvalue weighted by atomic mass is 32.1. The van der Waals surface area contributed by atoms with Gasteiger partial charge in [0.25, 0.3) is 5.91 Å². The normalized spacial score (nSPS) is 18.1. The molecular weight excluding hydrogens is 280 g/mol. The Morgan fingerprint density at radius 2 is 2.50 bits per heavy atom. The largest absolute Gasteiger partial charge is 0.383 e. The van der Waals surface area contributed by atoms with E-state index in [1.165, 1.54) is 11.3 Å². The van der Waals surface area contributed by atoms with Gasteiger partial charge in [-0.2, -0.15) is 0 Å². The first kappa shape index (κ1) is 15.0. The summed E-state index contributed by atoms with van der Waals surface area (Å²) >= 11 is 1.24. The number of carbonyl (C=O) groups is 1. The number of aromatic nitrogens is 1. The summed E-state index contributed by atoms with van der Waals surface area (Å²) in [6.45, 7) is 2.49. The van der Waals surface area contributed by atoms with Crippen LogP contribution < -0.4 is 16.4 Å². The Morgan fingerprint density at radius 3 is 3.20 bits per heavy atom. The first-order valence-electron chi connectivity index (χ1n) is 6.59. The molecule has 0 radical (unpaired) electrons. The summed E-state index contributed by atoms with van der Waals surface area (Å²) in [7, 11) is 1.63. The van der Waals surface area contributed by atoms with E-state index in [2.05, 4.69) is 15.6 Å². The molecule has 2 heterocycles. The van der Waals surface area contributed by atoms with Crippen LogP contribution in [0.5, 0.6) is 0 Å². The van der Waals surface area contributed by atoms with Crippen LogP contribution in [0.3, 0.4) is 0 Å². The van der Waals surface area contributed by atoms with E-state index in [4.69, 9.17) is 15.2 Å². The number of rotatable bonds is 7. The van der Waals surface area contributed by atoms with Crippen molar-refractivity contribution in [2.45, 2.75) is 18.9 Å². The highest BCUT2D eigenvalue weighted by molar-refractivity contribution is 7.18. The van der Waals surface area contributed by atoms with Gasteiger partial charge in [0.05, 0.1) is 12.7 Å². The van der Waals surface area contributed by atoms with Crippen molar-refractivity contribution in [2.24, 2.45) is 0 Å². The lowest BCUT2D eigenvalue weighted by Gasteiger charge is -2.09. The Hall–Kier alpha value is -1.38. The van der Waals surface area contributed by atoms with E-state index >= 15 is 0 Å². The van der Waals surface area contributed by atoms with Crippen LogP contribution in [0.2, 0.25) is 0 Å². The Morgan fingerprint density at radius 1 is 1.65 bits per heavy atom. The average Bonchev–Trinajstić information content (AvgIpc) is 3.06. The van der Waals surface area contributed by atoms with Crippen molar-refractivity contribution in [1.29, 1.82) is 0 Å². The molecule has 1 fully saturated rings. The number of amides is 1. The average molecular weight is 300 g/mol. The number of carbonyl (C=O) groups excluding carboxylic acids is 1. The van der Waals surface area contributed by atoms with Crippen molar-refractivity contribution in [3.63, 3.8) is 0 Å². The van der Waals surface area contributed by atoms with Crippen molar-refractivity contribution in [2.75, 3.05) is 44.5 Å². The minimum atomic E-state index is -0.199. The molecule has 0 saturated carbocycles. The molecule has 4 N–H and O–H groups in total. The zero-order chi connectivity index (χ0) is 14.4. The Kier molecular flexibility index (Phi) is 5.57. The SMILES string of the molecule is COCCNc1nc(N)c(C(=O)NCC2CCCO2)s1. The molecule has 1 atom stereocenters. The van der Waals surface area contributed by atoms with Gasteiger partial charge in [0.1, 0.15) is 10.7 Å². The number of nitrogen functional groups attached to an aromatic ring is 1. The summed E-state index contributed by atoms with van der Waals surface area (Å²) in [6.07, 6.45) is 2.16. The van der Waals surface area contributed by atoms with Crippen molar-refractivity contribution in [1.82, 2.24) is 10.3 Å². The molecule has 7 nitrogen and oxygen atoms in total. The van der Waals surface area contributed by atoms with E-state index in [1.54, 1.807) is 7.11 Å². The van der Waals surface area contributed by atoms with E-state index in [0.717, 1.165) is 19.4 Å². The quantitative estimate of drug-likeness (QED) is 0.641. The van der Waals surface area contributed by atoms with E-state index in [0.29, 0.717) is 29.7 Å². The molecule has 1 aromatic heterocycles. The molecule has 112 valence electrons. The van der Waals surface area contributed by atoms with Crippen LogP contribution in [0.25, 0.3) is 0 Å². The summed E-state index contributed by atoms with van der Waals surface area (Å²) in [4.78, 5) is 16.6. The number of methoxy groups -OCH3 is 1. The number of nitrogens with zero attached hydrogens (tertiary/aromatic N) is 1. The van der Waals surface area contributed by atoms with Gasteiger partial charge in [-0.15, -0.1) is 0 Å². The fourth-order valence-electron chi connectivity index (χ4n) is 1.92. The fourth-order valence-corrected chi connectivity index (χ4v) is 2.75. The van der Waals surface area contributed by atoms with Crippen LogP contribution in [0.4, 0.5) is 10.9 Å². The third-order valence-electron chi connectivity index (χ3n) is 2.96. The maximum Gasteiger partial charge on any atom is 0.265 e. The molecule has 1 aromatic rings. The van der Waals surface area contributed by atoms with Crippen LogP contribution in [-0.2, 0) is 9.47 Å². The molecule has 1 aliphatic rings. The van der Waals surface area contributed by atoms with E-state index in [1.807, 2.05) is 0 Å². The number of thiazole rings is 1. The van der Waals surface area contributed by atoms with Gasteiger partial charge >= 0.3 is 0 Å². The van der Waals surface area contributed by atoms with Crippen molar-refractivity contribution < 1.29 is 14.3 Å². The number of nitrogens with one attached hydrogen (secondary N) is 2. The number of anilines is 2. The maximum absolute atomic E-state index is 12.0. The summed E-state index contributed by atoms with van der Waals surface area (Å²) in [5.74, 6) is 0.0510. The van der Waals surface area contributed by atoms with Gasteiger partial charge in [-0.3, -0.25) is 4.79 Å². The minimum Gasteiger partial charge on any atom is -0.383 e. The van der Waals surface area contributed by atoms with E-state index in [9.17, 15) is 4.79 Å². The van der Waals surface area contributed by atoms with Gasteiger partial charge in [-0.1, -0.05) is 11.3 Å². The lowest BCUT2D eigenvalue weighted by atomic mass is 10.2. The molecule has 2 rings (SSSR count). The topological polar surface area (TPSA) is 98.5 Å². The van der Waals surface area contributed by atoms with Crippen LogP contribution in [-0.4, -0.2) is 50.4 Å². The summed E-state index contributed by atoms with van der Waals surface area (Å²) < 4.78 is 10.4. The third-order valence-corrected chi connectivity index (χ3v) is 3.98.